The van der Waals surface area contributed by atoms with Crippen LogP contribution in [0.2, 0.25) is 0 Å². The fourth-order valence-corrected chi connectivity index (χ4v) is 3.09. The second-order valence-corrected chi connectivity index (χ2v) is 5.83. The third-order valence-corrected chi connectivity index (χ3v) is 4.39. The summed E-state index contributed by atoms with van der Waals surface area (Å²) < 4.78 is 5.09. The number of hydrogen-bond donors (Lipinski definition) is 1. The SMILES string of the molecule is Cc1sc(C(=O)c2ccccc2)c(C(=O)OCCN)c1C. The maximum Gasteiger partial charge on any atom is 0.340 e. The Morgan fingerprint density at radius 3 is 2.48 bits per heavy atom. The zero-order chi connectivity index (χ0) is 15.4. The van der Waals surface area contributed by atoms with Crippen molar-refractivity contribution >= 4 is 23.1 Å². The van der Waals surface area contributed by atoms with Crippen molar-refractivity contribution in [2.75, 3.05) is 13.2 Å². The summed E-state index contributed by atoms with van der Waals surface area (Å²) in [4.78, 5) is 26.1. The Labute approximate surface area is 127 Å². The summed E-state index contributed by atoms with van der Waals surface area (Å²) in [5.41, 5.74) is 7.06. The maximum atomic E-state index is 12.6. The van der Waals surface area contributed by atoms with E-state index in [1.165, 1.54) is 11.3 Å². The molecule has 1 aromatic heterocycles. The van der Waals surface area contributed by atoms with Crippen molar-refractivity contribution in [3.63, 3.8) is 0 Å². The lowest BCUT2D eigenvalue weighted by Gasteiger charge is -2.06. The van der Waals surface area contributed by atoms with Crippen molar-refractivity contribution in [3.05, 3.63) is 56.8 Å². The van der Waals surface area contributed by atoms with E-state index in [1.807, 2.05) is 19.9 Å². The molecule has 1 aromatic carbocycles. The van der Waals surface area contributed by atoms with E-state index in [9.17, 15) is 9.59 Å². The summed E-state index contributed by atoms with van der Waals surface area (Å²) in [5, 5.41) is 0. The predicted molar refractivity (Wildman–Crippen MR) is 83.0 cm³/mol. The molecule has 110 valence electrons. The molecular formula is C16H17NO3S. The zero-order valence-electron chi connectivity index (χ0n) is 12.0. The number of aryl methyl sites for hydroxylation is 1. The van der Waals surface area contributed by atoms with Gasteiger partial charge in [-0.1, -0.05) is 30.3 Å². The standard InChI is InChI=1S/C16H17NO3S/c1-10-11(2)21-15(13(10)16(19)20-9-8-17)14(18)12-6-4-3-5-7-12/h3-7H,8-9,17H2,1-2H3. The van der Waals surface area contributed by atoms with Crippen LogP contribution in [0.3, 0.4) is 0 Å². The Balaban J connectivity index is 2.42. The van der Waals surface area contributed by atoms with E-state index < -0.39 is 5.97 Å². The second kappa shape index (κ2) is 6.65. The number of rotatable bonds is 5. The Morgan fingerprint density at radius 2 is 1.86 bits per heavy atom. The van der Waals surface area contributed by atoms with E-state index >= 15 is 0 Å². The van der Waals surface area contributed by atoms with Gasteiger partial charge in [0.15, 0.2) is 0 Å². The lowest BCUT2D eigenvalue weighted by atomic mass is 10.0. The molecular weight excluding hydrogens is 286 g/mol. The molecule has 0 amide bonds. The van der Waals surface area contributed by atoms with Gasteiger partial charge in [-0.2, -0.15) is 0 Å². The molecule has 0 fully saturated rings. The largest absolute Gasteiger partial charge is 0.461 e. The van der Waals surface area contributed by atoms with Gasteiger partial charge in [0.25, 0.3) is 0 Å². The summed E-state index contributed by atoms with van der Waals surface area (Å²) >= 11 is 1.32. The fourth-order valence-electron chi connectivity index (χ4n) is 1.98. The average Bonchev–Trinajstić information content (AvgIpc) is 2.80. The Hall–Kier alpha value is -1.98. The zero-order valence-corrected chi connectivity index (χ0v) is 12.8. The van der Waals surface area contributed by atoms with E-state index in [2.05, 4.69) is 0 Å². The van der Waals surface area contributed by atoms with Crippen LogP contribution in [0.25, 0.3) is 0 Å². The number of benzene rings is 1. The minimum Gasteiger partial charge on any atom is -0.461 e. The third-order valence-electron chi connectivity index (χ3n) is 3.18. The van der Waals surface area contributed by atoms with Crippen LogP contribution >= 0.6 is 11.3 Å². The molecule has 0 bridgehead atoms. The number of hydrogen-bond acceptors (Lipinski definition) is 5. The van der Waals surface area contributed by atoms with Crippen molar-refractivity contribution in [1.82, 2.24) is 0 Å². The highest BCUT2D eigenvalue weighted by Gasteiger charge is 2.25. The van der Waals surface area contributed by atoms with Gasteiger partial charge in [0.1, 0.15) is 6.61 Å². The van der Waals surface area contributed by atoms with Crippen LogP contribution in [-0.2, 0) is 4.74 Å². The number of carbonyl (C=O) groups is 2. The summed E-state index contributed by atoms with van der Waals surface area (Å²) in [5.74, 6) is -0.641. The van der Waals surface area contributed by atoms with Crippen LogP contribution in [0, 0.1) is 13.8 Å². The van der Waals surface area contributed by atoms with Crippen molar-refractivity contribution in [2.45, 2.75) is 13.8 Å². The summed E-state index contributed by atoms with van der Waals surface area (Å²) in [6, 6.07) is 8.92. The van der Waals surface area contributed by atoms with Gasteiger partial charge in [-0.3, -0.25) is 4.79 Å². The number of thiophene rings is 1. The molecule has 0 radical (unpaired) electrons. The summed E-state index contributed by atoms with van der Waals surface area (Å²) in [6.07, 6.45) is 0. The van der Waals surface area contributed by atoms with Crippen LogP contribution in [0.4, 0.5) is 0 Å². The van der Waals surface area contributed by atoms with Gasteiger partial charge in [0, 0.05) is 17.0 Å². The first kappa shape index (κ1) is 15.4. The predicted octanol–water partition coefficient (Wildman–Crippen LogP) is 2.71. The van der Waals surface area contributed by atoms with Crippen molar-refractivity contribution in [3.8, 4) is 0 Å². The fraction of sp³-hybridized carbons (Fsp3) is 0.250. The molecule has 1 heterocycles. The van der Waals surface area contributed by atoms with Crippen LogP contribution in [-0.4, -0.2) is 24.9 Å². The van der Waals surface area contributed by atoms with E-state index in [1.54, 1.807) is 24.3 Å². The van der Waals surface area contributed by atoms with E-state index in [0.29, 0.717) is 16.0 Å². The molecule has 2 rings (SSSR count). The van der Waals surface area contributed by atoms with Gasteiger partial charge < -0.3 is 10.5 Å². The molecule has 2 N–H and O–H groups in total. The molecule has 2 aromatic rings. The van der Waals surface area contributed by atoms with Gasteiger partial charge in [-0.15, -0.1) is 11.3 Å². The lowest BCUT2D eigenvalue weighted by Crippen LogP contribution is -2.16. The summed E-state index contributed by atoms with van der Waals surface area (Å²) in [6.45, 7) is 4.12. The quantitative estimate of drug-likeness (QED) is 0.681. The molecule has 0 spiro atoms. The monoisotopic (exact) mass is 303 g/mol. The van der Waals surface area contributed by atoms with Crippen LogP contribution in [0.15, 0.2) is 30.3 Å². The average molecular weight is 303 g/mol. The van der Waals surface area contributed by atoms with E-state index in [4.69, 9.17) is 10.5 Å². The van der Waals surface area contributed by atoms with Crippen LogP contribution in [0.5, 0.6) is 0 Å². The lowest BCUT2D eigenvalue weighted by molar-refractivity contribution is 0.0514. The first-order valence-electron chi connectivity index (χ1n) is 6.63. The number of ether oxygens (including phenoxy) is 1. The molecule has 0 unspecified atom stereocenters. The number of esters is 1. The van der Waals surface area contributed by atoms with Gasteiger partial charge in [-0.25, -0.2) is 4.79 Å². The second-order valence-electron chi connectivity index (χ2n) is 4.61. The molecule has 0 saturated heterocycles. The van der Waals surface area contributed by atoms with Gasteiger partial charge >= 0.3 is 5.97 Å². The maximum absolute atomic E-state index is 12.6. The van der Waals surface area contributed by atoms with Crippen molar-refractivity contribution < 1.29 is 14.3 Å². The molecule has 21 heavy (non-hydrogen) atoms. The normalized spacial score (nSPS) is 10.4. The highest BCUT2D eigenvalue weighted by molar-refractivity contribution is 7.14. The molecule has 0 aliphatic heterocycles. The van der Waals surface area contributed by atoms with Crippen molar-refractivity contribution in [1.29, 1.82) is 0 Å². The van der Waals surface area contributed by atoms with Crippen molar-refractivity contribution in [2.24, 2.45) is 5.73 Å². The van der Waals surface area contributed by atoms with Gasteiger partial charge in [0.05, 0.1) is 10.4 Å². The smallest absolute Gasteiger partial charge is 0.340 e. The molecule has 5 heteroatoms. The molecule has 0 atom stereocenters. The first-order chi connectivity index (χ1) is 10.1. The minimum atomic E-state index is -0.485. The van der Waals surface area contributed by atoms with Crippen LogP contribution in [0.1, 0.15) is 36.0 Å². The summed E-state index contributed by atoms with van der Waals surface area (Å²) in [7, 11) is 0. The Bertz CT molecular complexity index is 662. The van der Waals surface area contributed by atoms with Crippen LogP contribution < -0.4 is 5.73 Å². The number of ketones is 1. The number of carbonyl (C=O) groups excluding carboxylic acids is 2. The topological polar surface area (TPSA) is 69.4 Å². The minimum absolute atomic E-state index is 0.145. The number of nitrogens with two attached hydrogens (primary N) is 1. The highest BCUT2D eigenvalue weighted by Crippen LogP contribution is 2.30. The Morgan fingerprint density at radius 1 is 1.19 bits per heavy atom. The van der Waals surface area contributed by atoms with E-state index in [-0.39, 0.29) is 18.9 Å². The molecule has 0 aliphatic carbocycles. The first-order valence-corrected chi connectivity index (χ1v) is 7.44. The molecule has 0 aliphatic rings. The molecule has 4 nitrogen and oxygen atoms in total. The van der Waals surface area contributed by atoms with Gasteiger partial charge in [0.2, 0.25) is 5.78 Å². The highest BCUT2D eigenvalue weighted by atomic mass is 32.1. The Kier molecular flexibility index (Phi) is 4.88. The molecule has 0 saturated carbocycles. The van der Waals surface area contributed by atoms with Gasteiger partial charge in [-0.05, 0) is 19.4 Å². The van der Waals surface area contributed by atoms with E-state index in [0.717, 1.165) is 10.4 Å². The third kappa shape index (κ3) is 3.20.